The first kappa shape index (κ1) is 22.5. The Morgan fingerprint density at radius 3 is 2.34 bits per heavy atom. The van der Waals surface area contributed by atoms with Crippen LogP contribution in [0.1, 0.15) is 31.2 Å². The molecule has 4 N–H and O–H groups in total. The number of amides is 3. The molecular weight excluding hydrogens is 429 g/mol. The normalized spacial score (nSPS) is 20.4. The monoisotopic (exact) mass is 454 g/mol. The van der Waals surface area contributed by atoms with Gasteiger partial charge in [0.2, 0.25) is 5.91 Å². The number of hydrogen-bond acceptors (Lipinski definition) is 5. The van der Waals surface area contributed by atoms with Crippen molar-refractivity contribution in [3.05, 3.63) is 23.8 Å². The number of morpholine rings is 1. The molecular formula is C21H25F3N4O4. The van der Waals surface area contributed by atoms with Gasteiger partial charge < -0.3 is 20.7 Å². The van der Waals surface area contributed by atoms with Crippen LogP contribution in [0.25, 0.3) is 0 Å². The summed E-state index contributed by atoms with van der Waals surface area (Å²) in [5, 5.41) is 5.41. The highest BCUT2D eigenvalue weighted by atomic mass is 19.4. The minimum Gasteiger partial charge on any atom is -0.370 e. The summed E-state index contributed by atoms with van der Waals surface area (Å²) in [5.41, 5.74) is 3.90. The average molecular weight is 454 g/mol. The number of carbonyl (C=O) groups excluding carboxylic acids is 3. The summed E-state index contributed by atoms with van der Waals surface area (Å²) in [7, 11) is 0. The quantitative estimate of drug-likeness (QED) is 0.517. The lowest BCUT2D eigenvalue weighted by atomic mass is 10.1. The third kappa shape index (κ3) is 5.04. The first-order valence-electron chi connectivity index (χ1n) is 10.6. The van der Waals surface area contributed by atoms with Crippen molar-refractivity contribution in [2.45, 2.75) is 43.9 Å². The fraction of sp³-hybridized carbons (Fsp3) is 0.571. The summed E-state index contributed by atoms with van der Waals surface area (Å²) in [6.07, 6.45) is -0.717. The lowest BCUT2D eigenvalue weighted by molar-refractivity contribution is -0.137. The molecule has 0 unspecified atom stereocenters. The van der Waals surface area contributed by atoms with Crippen LogP contribution in [-0.2, 0) is 25.3 Å². The SMILES string of the molecule is NC(=O)[C@H](NC(C1CC1)C1CC1)C(=O)Nc1ccc(N2CCOCC2=O)c(C(F)(F)F)c1. The van der Waals surface area contributed by atoms with Crippen LogP contribution in [0, 0.1) is 11.8 Å². The van der Waals surface area contributed by atoms with E-state index in [-0.39, 0.29) is 37.2 Å². The van der Waals surface area contributed by atoms with Crippen molar-refractivity contribution >= 4 is 29.1 Å². The Hall–Kier alpha value is -2.66. The topological polar surface area (TPSA) is 114 Å². The lowest BCUT2D eigenvalue weighted by Gasteiger charge is -2.29. The smallest absolute Gasteiger partial charge is 0.370 e. The van der Waals surface area contributed by atoms with Crippen LogP contribution in [0.5, 0.6) is 0 Å². The standard InChI is InChI=1S/C21H25F3N4O4/c22-21(23,24)14-9-13(5-6-15(14)28-7-8-32-10-16(28)29)26-20(31)18(19(25)30)27-17(11-1-2-11)12-3-4-12/h5-6,9,11-12,17-18,27H,1-4,7-8,10H2,(H2,25,30)(H,26,31)/t18-/m0/s1. The van der Waals surface area contributed by atoms with Gasteiger partial charge in [-0.25, -0.2) is 0 Å². The number of primary amides is 1. The summed E-state index contributed by atoms with van der Waals surface area (Å²) in [5.74, 6) is -1.51. The number of ether oxygens (including phenoxy) is 1. The zero-order valence-corrected chi connectivity index (χ0v) is 17.3. The highest BCUT2D eigenvalue weighted by Gasteiger charge is 2.44. The first-order chi connectivity index (χ1) is 15.1. The molecule has 4 rings (SSSR count). The Morgan fingerprint density at radius 2 is 1.81 bits per heavy atom. The van der Waals surface area contributed by atoms with Gasteiger partial charge in [-0.2, -0.15) is 13.2 Å². The number of carbonyl (C=O) groups is 3. The Labute approximate surface area is 182 Å². The van der Waals surface area contributed by atoms with E-state index in [1.54, 1.807) is 0 Å². The molecule has 1 heterocycles. The first-order valence-corrected chi connectivity index (χ1v) is 10.6. The number of nitrogens with two attached hydrogens (primary N) is 1. The summed E-state index contributed by atoms with van der Waals surface area (Å²) < 4.78 is 46.2. The maximum absolute atomic E-state index is 13.7. The number of nitrogens with one attached hydrogen (secondary N) is 2. The van der Waals surface area contributed by atoms with Gasteiger partial charge in [0.05, 0.1) is 17.9 Å². The van der Waals surface area contributed by atoms with E-state index < -0.39 is 35.5 Å². The van der Waals surface area contributed by atoms with Gasteiger partial charge in [0.1, 0.15) is 6.61 Å². The molecule has 174 valence electrons. The Kier molecular flexibility index (Phi) is 6.13. The van der Waals surface area contributed by atoms with Crippen molar-refractivity contribution in [3.63, 3.8) is 0 Å². The van der Waals surface area contributed by atoms with Crippen LogP contribution in [0.4, 0.5) is 24.5 Å². The van der Waals surface area contributed by atoms with E-state index in [9.17, 15) is 27.6 Å². The molecule has 8 nitrogen and oxygen atoms in total. The minimum atomic E-state index is -4.76. The van der Waals surface area contributed by atoms with Gasteiger partial charge in [-0.1, -0.05) is 0 Å². The van der Waals surface area contributed by atoms with E-state index in [2.05, 4.69) is 10.6 Å². The minimum absolute atomic E-state index is 0.00121. The summed E-state index contributed by atoms with van der Waals surface area (Å²) >= 11 is 0. The van der Waals surface area contributed by atoms with Crippen molar-refractivity contribution in [1.82, 2.24) is 5.32 Å². The van der Waals surface area contributed by atoms with E-state index in [0.29, 0.717) is 11.8 Å². The number of halogens is 3. The molecule has 1 saturated heterocycles. The number of hydrogen-bond donors (Lipinski definition) is 3. The predicted molar refractivity (Wildman–Crippen MR) is 109 cm³/mol. The van der Waals surface area contributed by atoms with Crippen molar-refractivity contribution in [2.24, 2.45) is 17.6 Å². The molecule has 0 bridgehead atoms. The van der Waals surface area contributed by atoms with E-state index in [4.69, 9.17) is 10.5 Å². The number of benzene rings is 1. The van der Waals surface area contributed by atoms with Crippen LogP contribution in [0.3, 0.4) is 0 Å². The number of rotatable bonds is 8. The van der Waals surface area contributed by atoms with E-state index in [1.807, 2.05) is 0 Å². The zero-order valence-electron chi connectivity index (χ0n) is 17.3. The second kappa shape index (κ2) is 8.70. The highest BCUT2D eigenvalue weighted by molar-refractivity contribution is 6.09. The molecule has 0 spiro atoms. The Morgan fingerprint density at radius 1 is 1.16 bits per heavy atom. The largest absolute Gasteiger partial charge is 0.418 e. The van der Waals surface area contributed by atoms with Crippen LogP contribution in [-0.4, -0.2) is 49.6 Å². The van der Waals surface area contributed by atoms with Gasteiger partial charge in [0, 0.05) is 18.3 Å². The molecule has 2 aliphatic carbocycles. The average Bonchev–Trinajstić information content (AvgIpc) is 3.62. The van der Waals surface area contributed by atoms with Crippen molar-refractivity contribution in [3.8, 4) is 0 Å². The molecule has 3 amide bonds. The second-order valence-corrected chi connectivity index (χ2v) is 8.52. The Bertz CT molecular complexity index is 903. The molecule has 0 aromatic heterocycles. The van der Waals surface area contributed by atoms with Crippen molar-refractivity contribution < 1.29 is 32.3 Å². The van der Waals surface area contributed by atoms with Gasteiger partial charge in [-0.3, -0.25) is 19.7 Å². The summed E-state index contributed by atoms with van der Waals surface area (Å²) in [4.78, 5) is 37.7. The maximum atomic E-state index is 13.7. The summed E-state index contributed by atoms with van der Waals surface area (Å²) in [6, 6.07) is 1.80. The molecule has 1 aromatic rings. The van der Waals surface area contributed by atoms with Gasteiger partial charge in [-0.05, 0) is 55.7 Å². The molecule has 1 atom stereocenters. The molecule has 3 aliphatic rings. The predicted octanol–water partition coefficient (Wildman–Crippen LogP) is 1.64. The van der Waals surface area contributed by atoms with Gasteiger partial charge >= 0.3 is 6.18 Å². The zero-order chi connectivity index (χ0) is 23.0. The van der Waals surface area contributed by atoms with Crippen molar-refractivity contribution in [1.29, 1.82) is 0 Å². The second-order valence-electron chi connectivity index (χ2n) is 8.52. The number of anilines is 2. The fourth-order valence-electron chi connectivity index (χ4n) is 4.11. The maximum Gasteiger partial charge on any atom is 0.418 e. The highest BCUT2D eigenvalue weighted by Crippen LogP contribution is 2.44. The molecule has 1 aromatic carbocycles. The van der Waals surface area contributed by atoms with E-state index in [1.165, 1.54) is 6.07 Å². The molecule has 2 saturated carbocycles. The number of nitrogens with zero attached hydrogens (tertiary/aromatic N) is 1. The van der Waals surface area contributed by atoms with E-state index >= 15 is 0 Å². The third-order valence-electron chi connectivity index (χ3n) is 6.01. The van der Waals surface area contributed by atoms with Crippen LogP contribution in [0.2, 0.25) is 0 Å². The molecule has 0 radical (unpaired) electrons. The van der Waals surface area contributed by atoms with Gasteiger partial charge in [0.25, 0.3) is 11.8 Å². The van der Waals surface area contributed by atoms with E-state index in [0.717, 1.165) is 42.7 Å². The lowest BCUT2D eigenvalue weighted by Crippen LogP contribution is -2.54. The van der Waals surface area contributed by atoms with Gasteiger partial charge in [-0.15, -0.1) is 0 Å². The third-order valence-corrected chi connectivity index (χ3v) is 6.01. The molecule has 32 heavy (non-hydrogen) atoms. The van der Waals surface area contributed by atoms with Gasteiger partial charge in [0.15, 0.2) is 6.04 Å². The molecule has 1 aliphatic heterocycles. The molecule has 3 fully saturated rings. The van der Waals surface area contributed by atoms with Crippen LogP contribution in [0.15, 0.2) is 18.2 Å². The summed E-state index contributed by atoms with van der Waals surface area (Å²) in [6.45, 7) is -0.188. The van der Waals surface area contributed by atoms with Crippen molar-refractivity contribution in [2.75, 3.05) is 30.0 Å². The van der Waals surface area contributed by atoms with Crippen LogP contribution < -0.4 is 21.3 Å². The van der Waals surface area contributed by atoms with Crippen LogP contribution >= 0.6 is 0 Å². The molecule has 11 heteroatoms. The number of alkyl halides is 3. The fourth-order valence-corrected chi connectivity index (χ4v) is 4.11. The Balaban J connectivity index is 1.53.